The second-order valence-corrected chi connectivity index (χ2v) is 8.47. The van der Waals surface area contributed by atoms with E-state index in [0.717, 1.165) is 21.3 Å². The number of amides is 1. The Morgan fingerprint density at radius 2 is 1.79 bits per heavy atom. The predicted molar refractivity (Wildman–Crippen MR) is 133 cm³/mol. The van der Waals surface area contributed by atoms with Crippen LogP contribution in [0.1, 0.15) is 30.1 Å². The van der Waals surface area contributed by atoms with Crippen molar-refractivity contribution in [3.8, 4) is 11.5 Å². The van der Waals surface area contributed by atoms with Gasteiger partial charge in [0.05, 0.1) is 30.2 Å². The van der Waals surface area contributed by atoms with Gasteiger partial charge in [-0.05, 0) is 50.2 Å². The fraction of sp³-hybridized carbons (Fsp3) is 0.192. The first-order valence-corrected chi connectivity index (χ1v) is 11.9. The van der Waals surface area contributed by atoms with E-state index in [1.54, 1.807) is 17.2 Å². The zero-order chi connectivity index (χ0) is 23.5. The number of anilines is 1. The molecule has 172 valence electrons. The minimum Gasteiger partial charge on any atom is -0.492 e. The minimum atomic E-state index is -0.304. The zero-order valence-corrected chi connectivity index (χ0v) is 19.7. The first-order chi connectivity index (χ1) is 16.7. The molecule has 0 saturated carbocycles. The molecular weight excluding hydrogens is 450 g/mol. The maximum Gasteiger partial charge on any atom is 0.296 e. The molecule has 0 bridgehead atoms. The summed E-state index contributed by atoms with van der Waals surface area (Å²) >= 11 is 1.43. The van der Waals surface area contributed by atoms with Crippen molar-refractivity contribution in [1.82, 2.24) is 9.97 Å². The largest absolute Gasteiger partial charge is 0.492 e. The fourth-order valence-electron chi connectivity index (χ4n) is 3.72. The lowest BCUT2D eigenvalue weighted by Gasteiger charge is -2.18. The molecule has 34 heavy (non-hydrogen) atoms. The summed E-state index contributed by atoms with van der Waals surface area (Å²) in [7, 11) is 0. The molecule has 0 spiro atoms. The van der Waals surface area contributed by atoms with Gasteiger partial charge >= 0.3 is 0 Å². The fourth-order valence-corrected chi connectivity index (χ4v) is 4.70. The maximum absolute atomic E-state index is 13.8. The summed E-state index contributed by atoms with van der Waals surface area (Å²) in [5.41, 5.74) is 2.02. The van der Waals surface area contributed by atoms with Crippen LogP contribution in [0.15, 0.2) is 71.3 Å². The van der Waals surface area contributed by atoms with Crippen LogP contribution in [0.25, 0.3) is 21.2 Å². The molecule has 0 N–H and O–H groups in total. The Kier molecular flexibility index (Phi) is 6.14. The van der Waals surface area contributed by atoms with Gasteiger partial charge in [0, 0.05) is 11.6 Å². The van der Waals surface area contributed by atoms with E-state index in [-0.39, 0.29) is 18.2 Å². The van der Waals surface area contributed by atoms with E-state index < -0.39 is 0 Å². The van der Waals surface area contributed by atoms with E-state index in [0.29, 0.717) is 35.4 Å². The van der Waals surface area contributed by atoms with E-state index in [1.807, 2.05) is 68.4 Å². The van der Waals surface area contributed by atoms with E-state index in [9.17, 15) is 4.79 Å². The molecule has 5 rings (SSSR count). The van der Waals surface area contributed by atoms with Gasteiger partial charge in [0.15, 0.2) is 22.2 Å². The standard InChI is InChI=1S/C26H23N3O4S/c1-3-31-19-11-8-13-22-23(19)28-26(34-22)29(16-18-10-5-6-14-27-18)25(30)21-15-17-9-7-12-20(32-4-2)24(17)33-21/h5-15H,3-4,16H2,1-2H3. The maximum atomic E-state index is 13.8. The van der Waals surface area contributed by atoms with Crippen molar-refractivity contribution in [2.24, 2.45) is 0 Å². The van der Waals surface area contributed by atoms with E-state index in [4.69, 9.17) is 18.9 Å². The molecule has 2 aromatic carbocycles. The molecule has 3 aromatic heterocycles. The Hall–Kier alpha value is -3.91. The molecule has 0 aliphatic heterocycles. The van der Waals surface area contributed by atoms with Gasteiger partial charge in [-0.2, -0.15) is 0 Å². The summed E-state index contributed by atoms with van der Waals surface area (Å²) < 4.78 is 18.4. The van der Waals surface area contributed by atoms with Gasteiger partial charge in [0.25, 0.3) is 5.91 Å². The summed E-state index contributed by atoms with van der Waals surface area (Å²) in [5.74, 6) is 1.21. The summed E-state index contributed by atoms with van der Waals surface area (Å²) in [6, 6.07) is 18.7. The second kappa shape index (κ2) is 9.52. The van der Waals surface area contributed by atoms with Gasteiger partial charge in [0.2, 0.25) is 0 Å². The third-order valence-corrected chi connectivity index (χ3v) is 6.26. The number of rotatable bonds is 8. The van der Waals surface area contributed by atoms with Crippen molar-refractivity contribution < 1.29 is 18.7 Å². The highest BCUT2D eigenvalue weighted by atomic mass is 32.1. The van der Waals surface area contributed by atoms with Crippen LogP contribution in [0.2, 0.25) is 0 Å². The quantitative estimate of drug-likeness (QED) is 0.272. The van der Waals surface area contributed by atoms with Crippen LogP contribution in [-0.4, -0.2) is 29.1 Å². The molecule has 0 aliphatic rings. The predicted octanol–water partition coefficient (Wildman–Crippen LogP) is 6.08. The lowest BCUT2D eigenvalue weighted by Crippen LogP contribution is -2.30. The number of thiazole rings is 1. The molecule has 0 saturated heterocycles. The van der Waals surface area contributed by atoms with Crippen molar-refractivity contribution >= 4 is 43.6 Å². The Morgan fingerprint density at radius 3 is 2.59 bits per heavy atom. The first kappa shape index (κ1) is 21.9. The van der Waals surface area contributed by atoms with Crippen molar-refractivity contribution in [2.45, 2.75) is 20.4 Å². The number of benzene rings is 2. The van der Waals surface area contributed by atoms with E-state index in [1.165, 1.54) is 11.3 Å². The number of furan rings is 1. The Bertz CT molecular complexity index is 1440. The summed E-state index contributed by atoms with van der Waals surface area (Å²) in [4.78, 5) is 24.6. The normalized spacial score (nSPS) is 11.1. The number of carbonyl (C=O) groups is 1. The molecule has 0 atom stereocenters. The SMILES string of the molecule is CCOc1cccc2sc(N(Cc3ccccn3)C(=O)c3cc4cccc(OCC)c4o3)nc12. The second-order valence-electron chi connectivity index (χ2n) is 7.46. The number of fused-ring (bicyclic) bond motifs is 2. The molecule has 1 amide bonds. The lowest BCUT2D eigenvalue weighted by atomic mass is 10.2. The van der Waals surface area contributed by atoms with Crippen molar-refractivity contribution in [1.29, 1.82) is 0 Å². The Balaban J connectivity index is 1.59. The average Bonchev–Trinajstić information content (AvgIpc) is 3.49. The summed E-state index contributed by atoms with van der Waals surface area (Å²) in [5, 5.41) is 1.35. The van der Waals surface area contributed by atoms with Crippen LogP contribution in [-0.2, 0) is 6.54 Å². The topological polar surface area (TPSA) is 77.7 Å². The van der Waals surface area contributed by atoms with Gasteiger partial charge in [-0.15, -0.1) is 0 Å². The molecule has 0 radical (unpaired) electrons. The van der Waals surface area contributed by atoms with Crippen molar-refractivity contribution in [3.05, 3.63) is 78.3 Å². The number of aromatic nitrogens is 2. The third kappa shape index (κ3) is 4.20. The molecule has 5 aromatic rings. The summed E-state index contributed by atoms with van der Waals surface area (Å²) in [6.07, 6.45) is 1.71. The number of ether oxygens (including phenoxy) is 2. The zero-order valence-electron chi connectivity index (χ0n) is 18.9. The Morgan fingerprint density at radius 1 is 1.00 bits per heavy atom. The van der Waals surface area contributed by atoms with Crippen LogP contribution in [0.3, 0.4) is 0 Å². The highest BCUT2D eigenvalue weighted by molar-refractivity contribution is 7.22. The van der Waals surface area contributed by atoms with Gasteiger partial charge in [-0.1, -0.05) is 35.6 Å². The smallest absolute Gasteiger partial charge is 0.296 e. The number of pyridine rings is 1. The minimum absolute atomic E-state index is 0.211. The van der Waals surface area contributed by atoms with E-state index in [2.05, 4.69) is 4.98 Å². The molecule has 7 nitrogen and oxygen atoms in total. The number of hydrogen-bond donors (Lipinski definition) is 0. The average molecular weight is 474 g/mol. The number of para-hydroxylation sites is 2. The number of hydrogen-bond acceptors (Lipinski definition) is 7. The van der Waals surface area contributed by atoms with Crippen LogP contribution in [0, 0.1) is 0 Å². The van der Waals surface area contributed by atoms with Crippen LogP contribution < -0.4 is 14.4 Å². The Labute approximate surface area is 200 Å². The van der Waals surface area contributed by atoms with Crippen molar-refractivity contribution in [3.63, 3.8) is 0 Å². The monoisotopic (exact) mass is 473 g/mol. The molecule has 8 heteroatoms. The van der Waals surface area contributed by atoms with Crippen LogP contribution in [0.5, 0.6) is 11.5 Å². The van der Waals surface area contributed by atoms with Gasteiger partial charge in [-0.3, -0.25) is 14.7 Å². The van der Waals surface area contributed by atoms with Crippen molar-refractivity contribution in [2.75, 3.05) is 18.1 Å². The number of carbonyl (C=O) groups excluding carboxylic acids is 1. The summed E-state index contributed by atoms with van der Waals surface area (Å²) in [6.45, 7) is 5.12. The van der Waals surface area contributed by atoms with E-state index >= 15 is 0 Å². The van der Waals surface area contributed by atoms with Crippen LogP contribution in [0.4, 0.5) is 5.13 Å². The van der Waals surface area contributed by atoms with Gasteiger partial charge < -0.3 is 13.9 Å². The molecule has 0 unspecified atom stereocenters. The lowest BCUT2D eigenvalue weighted by molar-refractivity contribution is 0.0960. The van der Waals surface area contributed by atoms with Gasteiger partial charge in [0.1, 0.15) is 11.3 Å². The molecule has 0 aliphatic carbocycles. The molecule has 3 heterocycles. The highest BCUT2D eigenvalue weighted by Gasteiger charge is 2.26. The third-order valence-electron chi connectivity index (χ3n) is 5.21. The van der Waals surface area contributed by atoms with Gasteiger partial charge in [-0.25, -0.2) is 4.98 Å². The molecule has 0 fully saturated rings. The van der Waals surface area contributed by atoms with Crippen LogP contribution >= 0.6 is 11.3 Å². The molecular formula is C26H23N3O4S. The first-order valence-electron chi connectivity index (χ1n) is 11.1. The number of nitrogens with zero attached hydrogens (tertiary/aromatic N) is 3. The highest BCUT2D eigenvalue weighted by Crippen LogP contribution is 2.36.